The second kappa shape index (κ2) is 8.30. The zero-order chi connectivity index (χ0) is 20.2. The highest BCUT2D eigenvalue weighted by Crippen LogP contribution is 2.30. The van der Waals surface area contributed by atoms with Crippen LogP contribution in [-0.2, 0) is 9.84 Å². The SMILES string of the molecule is CN(CCOc1ccc(Br)cc1)C(=O)c1ccc(S(=O)(=O)C(F)(F)F)cc1. The first kappa shape index (κ1) is 21.2. The molecule has 0 unspecified atom stereocenters. The summed E-state index contributed by atoms with van der Waals surface area (Å²) in [5.74, 6) is 0.158. The summed E-state index contributed by atoms with van der Waals surface area (Å²) in [6.07, 6.45) is 0. The van der Waals surface area contributed by atoms with Gasteiger partial charge in [0, 0.05) is 17.1 Å². The second-order valence-corrected chi connectivity index (χ2v) is 8.36. The number of hydrogen-bond acceptors (Lipinski definition) is 4. The van der Waals surface area contributed by atoms with E-state index in [2.05, 4.69) is 15.9 Å². The lowest BCUT2D eigenvalue weighted by molar-refractivity contribution is -0.0436. The Bertz CT molecular complexity index is 897. The number of likely N-dealkylation sites (N-methyl/N-ethyl adjacent to an activating group) is 1. The number of nitrogens with zero attached hydrogens (tertiary/aromatic N) is 1. The average Bonchev–Trinajstić information content (AvgIpc) is 2.62. The van der Waals surface area contributed by atoms with Crippen molar-refractivity contribution in [2.24, 2.45) is 0 Å². The van der Waals surface area contributed by atoms with Gasteiger partial charge in [-0.15, -0.1) is 0 Å². The number of amides is 1. The van der Waals surface area contributed by atoms with Crippen molar-refractivity contribution in [3.8, 4) is 5.75 Å². The highest BCUT2D eigenvalue weighted by molar-refractivity contribution is 9.10. The summed E-state index contributed by atoms with van der Waals surface area (Å²) in [7, 11) is -3.93. The largest absolute Gasteiger partial charge is 0.501 e. The van der Waals surface area contributed by atoms with Crippen LogP contribution >= 0.6 is 15.9 Å². The molecule has 0 atom stereocenters. The molecule has 27 heavy (non-hydrogen) atoms. The van der Waals surface area contributed by atoms with Gasteiger partial charge in [-0.3, -0.25) is 4.79 Å². The standard InChI is InChI=1S/C17H15BrF3NO4S/c1-22(10-11-26-14-6-4-13(18)5-7-14)16(23)12-2-8-15(9-3-12)27(24,25)17(19,20)21/h2-9H,10-11H2,1H3. The molecule has 0 aromatic heterocycles. The Labute approximate surface area is 162 Å². The summed E-state index contributed by atoms with van der Waals surface area (Å²) < 4.78 is 66.6. The molecule has 0 radical (unpaired) electrons. The molecule has 0 spiro atoms. The minimum absolute atomic E-state index is 0.0715. The summed E-state index contributed by atoms with van der Waals surface area (Å²) in [6.45, 7) is 0.446. The van der Waals surface area contributed by atoms with E-state index in [0.29, 0.717) is 5.75 Å². The van der Waals surface area contributed by atoms with E-state index >= 15 is 0 Å². The van der Waals surface area contributed by atoms with Gasteiger partial charge in [-0.05, 0) is 48.5 Å². The molecule has 0 saturated heterocycles. The van der Waals surface area contributed by atoms with Crippen molar-refractivity contribution >= 4 is 31.7 Å². The predicted molar refractivity (Wildman–Crippen MR) is 96.3 cm³/mol. The fourth-order valence-electron chi connectivity index (χ4n) is 2.06. The van der Waals surface area contributed by atoms with Crippen LogP contribution in [-0.4, -0.2) is 44.9 Å². The topological polar surface area (TPSA) is 63.7 Å². The molecule has 146 valence electrons. The van der Waals surface area contributed by atoms with Crippen molar-refractivity contribution in [3.63, 3.8) is 0 Å². The fourth-order valence-corrected chi connectivity index (χ4v) is 3.09. The Morgan fingerprint density at radius 1 is 1.07 bits per heavy atom. The van der Waals surface area contributed by atoms with Gasteiger partial charge in [-0.2, -0.15) is 13.2 Å². The van der Waals surface area contributed by atoms with Gasteiger partial charge in [-0.25, -0.2) is 8.42 Å². The number of halogens is 4. The van der Waals surface area contributed by atoms with Crippen molar-refractivity contribution in [1.29, 1.82) is 0 Å². The molecule has 0 fully saturated rings. The molecule has 0 heterocycles. The van der Waals surface area contributed by atoms with Crippen molar-refractivity contribution < 1.29 is 31.1 Å². The lowest BCUT2D eigenvalue weighted by Crippen LogP contribution is -2.31. The van der Waals surface area contributed by atoms with Crippen LogP contribution in [0.2, 0.25) is 0 Å². The van der Waals surface area contributed by atoms with E-state index in [1.54, 1.807) is 24.3 Å². The molecule has 0 aliphatic heterocycles. The monoisotopic (exact) mass is 465 g/mol. The number of ether oxygens (including phenoxy) is 1. The Morgan fingerprint density at radius 2 is 1.63 bits per heavy atom. The highest BCUT2D eigenvalue weighted by atomic mass is 79.9. The lowest BCUT2D eigenvalue weighted by atomic mass is 10.2. The van der Waals surface area contributed by atoms with Crippen molar-refractivity contribution in [3.05, 3.63) is 58.6 Å². The van der Waals surface area contributed by atoms with Gasteiger partial charge < -0.3 is 9.64 Å². The van der Waals surface area contributed by atoms with E-state index in [9.17, 15) is 26.4 Å². The molecule has 2 aromatic rings. The molecule has 10 heteroatoms. The first-order valence-electron chi connectivity index (χ1n) is 7.57. The average molecular weight is 466 g/mol. The van der Waals surface area contributed by atoms with Crippen LogP contribution in [0.25, 0.3) is 0 Å². The third-order valence-electron chi connectivity index (χ3n) is 3.57. The van der Waals surface area contributed by atoms with Crippen LogP contribution in [0.3, 0.4) is 0 Å². The molecule has 0 aliphatic rings. The van der Waals surface area contributed by atoms with Crippen LogP contribution in [0.4, 0.5) is 13.2 Å². The van der Waals surface area contributed by atoms with Crippen LogP contribution in [0, 0.1) is 0 Å². The van der Waals surface area contributed by atoms with Crippen molar-refractivity contribution in [2.75, 3.05) is 20.2 Å². The maximum Gasteiger partial charge on any atom is 0.501 e. The summed E-state index contributed by atoms with van der Waals surface area (Å²) in [6, 6.07) is 10.8. The first-order chi connectivity index (χ1) is 12.5. The molecule has 1 amide bonds. The van der Waals surface area contributed by atoms with Gasteiger partial charge in [0.2, 0.25) is 0 Å². The predicted octanol–water partition coefficient (Wildman–Crippen LogP) is 3.89. The normalized spacial score (nSPS) is 11.9. The van der Waals surface area contributed by atoms with Gasteiger partial charge >= 0.3 is 5.51 Å². The fraction of sp³-hybridized carbons (Fsp3) is 0.235. The second-order valence-electron chi connectivity index (χ2n) is 5.50. The zero-order valence-corrected chi connectivity index (χ0v) is 16.4. The van der Waals surface area contributed by atoms with E-state index in [1.165, 1.54) is 11.9 Å². The van der Waals surface area contributed by atoms with Gasteiger partial charge in [0.25, 0.3) is 15.7 Å². The molecule has 0 saturated carbocycles. The Hall–Kier alpha value is -2.07. The maximum absolute atomic E-state index is 12.5. The molecular formula is C17H15BrF3NO4S. The molecule has 5 nitrogen and oxygen atoms in total. The van der Waals surface area contributed by atoms with Gasteiger partial charge in [0.15, 0.2) is 0 Å². The van der Waals surface area contributed by atoms with Crippen LogP contribution < -0.4 is 4.74 Å². The number of carbonyl (C=O) groups excluding carboxylic acids is 1. The Morgan fingerprint density at radius 3 is 2.15 bits per heavy atom. The highest BCUT2D eigenvalue weighted by Gasteiger charge is 2.46. The summed E-state index contributed by atoms with van der Waals surface area (Å²) in [5.41, 5.74) is -5.32. The molecule has 0 N–H and O–H groups in total. The number of hydrogen-bond donors (Lipinski definition) is 0. The Balaban J connectivity index is 1.97. The number of rotatable bonds is 6. The van der Waals surface area contributed by atoms with E-state index in [-0.39, 0.29) is 18.7 Å². The van der Waals surface area contributed by atoms with Gasteiger partial charge in [-0.1, -0.05) is 15.9 Å². The van der Waals surface area contributed by atoms with Crippen LogP contribution in [0.5, 0.6) is 5.75 Å². The van der Waals surface area contributed by atoms with Crippen molar-refractivity contribution in [2.45, 2.75) is 10.4 Å². The van der Waals surface area contributed by atoms with Crippen LogP contribution in [0.15, 0.2) is 57.9 Å². The number of carbonyl (C=O) groups is 1. The summed E-state index contributed by atoms with van der Waals surface area (Å²) in [5, 5.41) is 0. The molecule has 0 bridgehead atoms. The number of alkyl halides is 3. The van der Waals surface area contributed by atoms with Crippen molar-refractivity contribution in [1.82, 2.24) is 4.90 Å². The number of sulfone groups is 1. The quantitative estimate of drug-likeness (QED) is 0.648. The molecule has 0 aliphatic carbocycles. The van der Waals surface area contributed by atoms with Crippen LogP contribution in [0.1, 0.15) is 10.4 Å². The summed E-state index contributed by atoms with van der Waals surface area (Å²) >= 11 is 3.30. The third-order valence-corrected chi connectivity index (χ3v) is 5.60. The lowest BCUT2D eigenvalue weighted by Gasteiger charge is -2.18. The van der Waals surface area contributed by atoms with E-state index in [4.69, 9.17) is 4.74 Å². The first-order valence-corrected chi connectivity index (χ1v) is 9.85. The maximum atomic E-state index is 12.5. The minimum atomic E-state index is -5.44. The summed E-state index contributed by atoms with van der Waals surface area (Å²) in [4.78, 5) is 12.7. The minimum Gasteiger partial charge on any atom is -0.492 e. The van der Waals surface area contributed by atoms with E-state index in [1.807, 2.05) is 0 Å². The molecule has 2 rings (SSSR count). The van der Waals surface area contributed by atoms with Gasteiger partial charge in [0.05, 0.1) is 11.4 Å². The van der Waals surface area contributed by atoms with E-state index in [0.717, 1.165) is 28.7 Å². The molecular weight excluding hydrogens is 451 g/mol. The van der Waals surface area contributed by atoms with Gasteiger partial charge in [0.1, 0.15) is 12.4 Å². The zero-order valence-electron chi connectivity index (χ0n) is 14.0. The number of benzene rings is 2. The Kier molecular flexibility index (Phi) is 6.53. The van der Waals surface area contributed by atoms with E-state index < -0.39 is 26.1 Å². The molecule has 2 aromatic carbocycles. The third kappa shape index (κ3) is 5.23. The smallest absolute Gasteiger partial charge is 0.492 e.